The summed E-state index contributed by atoms with van der Waals surface area (Å²) < 4.78 is 0. The van der Waals surface area contributed by atoms with Gasteiger partial charge in [0.1, 0.15) is 0 Å². The zero-order chi connectivity index (χ0) is 9.56. The Morgan fingerprint density at radius 2 is 1.83 bits per heavy atom. The first-order valence-corrected chi connectivity index (χ1v) is 4.56. The van der Waals surface area contributed by atoms with Crippen molar-refractivity contribution in [2.75, 3.05) is 0 Å². The van der Waals surface area contributed by atoms with Gasteiger partial charge in [-0.25, -0.2) is 0 Å². The van der Waals surface area contributed by atoms with Gasteiger partial charge in [0.05, 0.1) is 0 Å². The molecule has 1 aromatic rings. The molecular weight excluding hydrogens is 170 g/mol. The summed E-state index contributed by atoms with van der Waals surface area (Å²) in [6, 6.07) is 5.83. The van der Waals surface area contributed by atoms with Crippen LogP contribution in [0.5, 0.6) is 0 Å². The first kappa shape index (κ1) is 11.5. The molecule has 2 heteroatoms. The van der Waals surface area contributed by atoms with E-state index in [0.29, 0.717) is 6.54 Å². The van der Waals surface area contributed by atoms with E-state index < -0.39 is 0 Å². The first-order valence-electron chi connectivity index (χ1n) is 4.18. The smallest absolute Gasteiger partial charge is 0.0411 e. The topological polar surface area (TPSA) is 26.0 Å². The summed E-state index contributed by atoms with van der Waals surface area (Å²) in [6.45, 7) is 6.56. The average molecular weight is 186 g/mol. The van der Waals surface area contributed by atoms with Crippen LogP contribution in [0.3, 0.4) is 0 Å². The zero-order valence-electron chi connectivity index (χ0n) is 7.89. The van der Waals surface area contributed by atoms with Crippen LogP contribution in [0, 0.1) is 6.92 Å². The number of hydrogen-bond donors (Lipinski definition) is 1. The molecule has 0 saturated heterocycles. The zero-order valence-corrected chi connectivity index (χ0v) is 8.65. The van der Waals surface area contributed by atoms with E-state index in [1.54, 1.807) is 0 Å². The van der Waals surface area contributed by atoms with Crippen LogP contribution in [0.25, 0.3) is 0 Å². The molecule has 0 fully saturated rings. The molecule has 0 aliphatic carbocycles. The van der Waals surface area contributed by atoms with Crippen LogP contribution in [0.4, 0.5) is 0 Å². The molecule has 0 aliphatic heterocycles. The number of halogens is 1. The first-order chi connectivity index (χ1) is 5.72. The highest BCUT2D eigenvalue weighted by Gasteiger charge is 1.92. The third-order valence-electron chi connectivity index (χ3n) is 1.34. The van der Waals surface area contributed by atoms with Gasteiger partial charge in [-0.15, -0.1) is 0 Å². The normalized spacial score (nSPS) is 8.75. The average Bonchev–Trinajstić information content (AvgIpc) is 2.06. The summed E-state index contributed by atoms with van der Waals surface area (Å²) in [4.78, 5) is 0. The van der Waals surface area contributed by atoms with Crippen molar-refractivity contribution in [2.24, 2.45) is 5.73 Å². The summed E-state index contributed by atoms with van der Waals surface area (Å²) in [5.74, 6) is 0. The van der Waals surface area contributed by atoms with Crippen LogP contribution in [-0.4, -0.2) is 0 Å². The minimum absolute atomic E-state index is 0.557. The predicted molar refractivity (Wildman–Crippen MR) is 55.4 cm³/mol. The molecule has 0 bridgehead atoms. The van der Waals surface area contributed by atoms with Crippen LogP contribution in [0.1, 0.15) is 25.0 Å². The molecule has 12 heavy (non-hydrogen) atoms. The molecule has 0 radical (unpaired) electrons. The van der Waals surface area contributed by atoms with Gasteiger partial charge in [-0.05, 0) is 30.2 Å². The lowest BCUT2D eigenvalue weighted by Gasteiger charge is -1.98. The van der Waals surface area contributed by atoms with Crippen molar-refractivity contribution in [3.63, 3.8) is 0 Å². The van der Waals surface area contributed by atoms with Crippen LogP contribution >= 0.6 is 11.6 Å². The van der Waals surface area contributed by atoms with E-state index in [2.05, 4.69) is 0 Å². The lowest BCUT2D eigenvalue weighted by atomic mass is 10.1. The summed E-state index contributed by atoms with van der Waals surface area (Å²) in [7, 11) is 0. The molecule has 0 saturated carbocycles. The van der Waals surface area contributed by atoms with Gasteiger partial charge in [-0.2, -0.15) is 0 Å². The number of hydrogen-bond acceptors (Lipinski definition) is 1. The number of nitrogens with two attached hydrogens (primary N) is 1. The van der Waals surface area contributed by atoms with E-state index in [1.807, 2.05) is 39.0 Å². The largest absolute Gasteiger partial charge is 0.326 e. The molecule has 0 atom stereocenters. The number of aryl methyl sites for hydroxylation is 1. The Labute approximate surface area is 79.5 Å². The molecule has 0 amide bonds. The molecule has 0 heterocycles. The van der Waals surface area contributed by atoms with E-state index in [1.165, 1.54) is 0 Å². The second-order valence-corrected chi connectivity index (χ2v) is 2.78. The van der Waals surface area contributed by atoms with Crippen molar-refractivity contribution in [3.8, 4) is 0 Å². The SMILES string of the molecule is CC.Cc1cc(Cl)cc(CN)c1. The molecular formula is C10H16ClN. The van der Waals surface area contributed by atoms with Gasteiger partial charge in [0, 0.05) is 11.6 Å². The van der Waals surface area contributed by atoms with Crippen LogP contribution in [-0.2, 0) is 6.54 Å². The van der Waals surface area contributed by atoms with Crippen molar-refractivity contribution >= 4 is 11.6 Å². The lowest BCUT2D eigenvalue weighted by molar-refractivity contribution is 1.07. The van der Waals surface area contributed by atoms with Crippen molar-refractivity contribution in [1.82, 2.24) is 0 Å². The van der Waals surface area contributed by atoms with Gasteiger partial charge in [0.2, 0.25) is 0 Å². The Hall–Kier alpha value is -0.530. The van der Waals surface area contributed by atoms with Gasteiger partial charge in [0.25, 0.3) is 0 Å². The lowest BCUT2D eigenvalue weighted by Crippen LogP contribution is -1.95. The van der Waals surface area contributed by atoms with Gasteiger partial charge in [0.15, 0.2) is 0 Å². The molecule has 0 unspecified atom stereocenters. The third-order valence-corrected chi connectivity index (χ3v) is 1.56. The number of benzene rings is 1. The second kappa shape index (κ2) is 6.04. The van der Waals surface area contributed by atoms with Gasteiger partial charge >= 0.3 is 0 Å². The van der Waals surface area contributed by atoms with Gasteiger partial charge in [-0.1, -0.05) is 31.5 Å². The van der Waals surface area contributed by atoms with Crippen LogP contribution < -0.4 is 5.73 Å². The Morgan fingerprint density at radius 1 is 1.25 bits per heavy atom. The fraction of sp³-hybridized carbons (Fsp3) is 0.400. The Morgan fingerprint density at radius 3 is 2.25 bits per heavy atom. The second-order valence-electron chi connectivity index (χ2n) is 2.34. The summed E-state index contributed by atoms with van der Waals surface area (Å²) >= 11 is 5.77. The van der Waals surface area contributed by atoms with Crippen molar-refractivity contribution in [3.05, 3.63) is 34.3 Å². The van der Waals surface area contributed by atoms with Crippen molar-refractivity contribution in [1.29, 1.82) is 0 Å². The van der Waals surface area contributed by atoms with E-state index in [-0.39, 0.29) is 0 Å². The van der Waals surface area contributed by atoms with E-state index in [0.717, 1.165) is 16.1 Å². The standard InChI is InChI=1S/C8H10ClN.C2H6/c1-6-2-7(5-10)4-8(9)3-6;1-2/h2-4H,5,10H2,1H3;1-2H3. The highest BCUT2D eigenvalue weighted by Crippen LogP contribution is 2.13. The fourth-order valence-electron chi connectivity index (χ4n) is 0.930. The molecule has 0 aliphatic rings. The maximum atomic E-state index is 5.77. The molecule has 1 nitrogen and oxygen atoms in total. The van der Waals surface area contributed by atoms with E-state index in [4.69, 9.17) is 17.3 Å². The Kier molecular flexibility index (Phi) is 5.77. The molecule has 68 valence electrons. The minimum atomic E-state index is 0.557. The summed E-state index contributed by atoms with van der Waals surface area (Å²) in [6.07, 6.45) is 0. The molecule has 0 aromatic heterocycles. The Balaban J connectivity index is 0.000000561. The fourth-order valence-corrected chi connectivity index (χ4v) is 1.24. The Bertz CT molecular complexity index is 213. The molecule has 0 spiro atoms. The van der Waals surface area contributed by atoms with Crippen LogP contribution in [0.15, 0.2) is 18.2 Å². The number of rotatable bonds is 1. The highest BCUT2D eigenvalue weighted by atomic mass is 35.5. The summed E-state index contributed by atoms with van der Waals surface area (Å²) in [5, 5.41) is 0.764. The molecule has 1 aromatic carbocycles. The predicted octanol–water partition coefficient (Wildman–Crippen LogP) is 3.13. The maximum absolute atomic E-state index is 5.77. The monoisotopic (exact) mass is 185 g/mol. The summed E-state index contributed by atoms with van der Waals surface area (Å²) in [5.41, 5.74) is 7.68. The van der Waals surface area contributed by atoms with E-state index in [9.17, 15) is 0 Å². The minimum Gasteiger partial charge on any atom is -0.326 e. The van der Waals surface area contributed by atoms with Crippen molar-refractivity contribution < 1.29 is 0 Å². The quantitative estimate of drug-likeness (QED) is 0.715. The van der Waals surface area contributed by atoms with E-state index >= 15 is 0 Å². The molecule has 1 rings (SSSR count). The van der Waals surface area contributed by atoms with Crippen LogP contribution in [0.2, 0.25) is 5.02 Å². The highest BCUT2D eigenvalue weighted by molar-refractivity contribution is 6.30. The maximum Gasteiger partial charge on any atom is 0.0411 e. The van der Waals surface area contributed by atoms with Crippen molar-refractivity contribution in [2.45, 2.75) is 27.3 Å². The van der Waals surface area contributed by atoms with Gasteiger partial charge < -0.3 is 5.73 Å². The third kappa shape index (κ3) is 3.74. The molecule has 2 N–H and O–H groups in total. The van der Waals surface area contributed by atoms with Gasteiger partial charge in [-0.3, -0.25) is 0 Å².